The molecule has 3 aromatic rings. The molecule has 0 unspecified atom stereocenters. The number of hydrogen-bond acceptors (Lipinski definition) is 4. The highest BCUT2D eigenvalue weighted by Crippen LogP contribution is 2.23. The number of imidazole rings is 1. The van der Waals surface area contributed by atoms with E-state index in [-0.39, 0.29) is 28.8 Å². The molecule has 160 valence electrons. The van der Waals surface area contributed by atoms with Crippen molar-refractivity contribution in [1.29, 1.82) is 0 Å². The standard InChI is InChI=1S/C23H25N5O3/c1-3-26(2)21(29)19-18-9-12-27(23(31)20-24-10-11-25-20)14-17(18)15-28(22(19)30)13-16-7-5-4-6-8-16/h4-8,10-11,15H,3,9,12-14H2,1-2H3,(H,24,25). The van der Waals surface area contributed by atoms with Crippen LogP contribution in [-0.4, -0.2) is 56.3 Å². The fourth-order valence-electron chi connectivity index (χ4n) is 3.87. The summed E-state index contributed by atoms with van der Waals surface area (Å²) in [5.41, 5.74) is 2.44. The number of carbonyl (C=O) groups is 2. The Balaban J connectivity index is 1.76. The van der Waals surface area contributed by atoms with Gasteiger partial charge in [-0.15, -0.1) is 0 Å². The molecule has 1 aliphatic heterocycles. The Morgan fingerprint density at radius 3 is 2.68 bits per heavy atom. The highest BCUT2D eigenvalue weighted by atomic mass is 16.2. The van der Waals surface area contributed by atoms with E-state index in [4.69, 9.17) is 0 Å². The van der Waals surface area contributed by atoms with Crippen LogP contribution >= 0.6 is 0 Å². The van der Waals surface area contributed by atoms with Gasteiger partial charge in [0.1, 0.15) is 5.56 Å². The Morgan fingerprint density at radius 2 is 2.00 bits per heavy atom. The second-order valence-electron chi connectivity index (χ2n) is 7.66. The van der Waals surface area contributed by atoms with E-state index in [1.807, 2.05) is 37.3 Å². The number of hydrogen-bond donors (Lipinski definition) is 1. The number of amides is 2. The van der Waals surface area contributed by atoms with Gasteiger partial charge in [0.15, 0.2) is 5.82 Å². The predicted octanol–water partition coefficient (Wildman–Crippen LogP) is 1.91. The molecule has 0 radical (unpaired) electrons. The van der Waals surface area contributed by atoms with E-state index in [0.717, 1.165) is 16.7 Å². The summed E-state index contributed by atoms with van der Waals surface area (Å²) in [7, 11) is 1.69. The fraction of sp³-hybridized carbons (Fsp3) is 0.304. The average Bonchev–Trinajstić information content (AvgIpc) is 3.33. The fourth-order valence-corrected chi connectivity index (χ4v) is 3.87. The Morgan fingerprint density at radius 1 is 1.23 bits per heavy atom. The summed E-state index contributed by atoms with van der Waals surface area (Å²) in [6.07, 6.45) is 5.39. The first kappa shape index (κ1) is 20.6. The van der Waals surface area contributed by atoms with Gasteiger partial charge in [-0.05, 0) is 30.0 Å². The van der Waals surface area contributed by atoms with Gasteiger partial charge in [-0.3, -0.25) is 14.4 Å². The molecule has 0 atom stereocenters. The summed E-state index contributed by atoms with van der Waals surface area (Å²) < 4.78 is 1.58. The van der Waals surface area contributed by atoms with Crippen LogP contribution in [-0.2, 0) is 19.5 Å². The van der Waals surface area contributed by atoms with Gasteiger partial charge in [0.05, 0.1) is 6.54 Å². The summed E-state index contributed by atoms with van der Waals surface area (Å²) in [5.74, 6) is -0.199. The molecule has 0 fully saturated rings. The molecule has 0 aliphatic carbocycles. The number of aromatic nitrogens is 3. The van der Waals surface area contributed by atoms with Crippen molar-refractivity contribution in [2.45, 2.75) is 26.4 Å². The van der Waals surface area contributed by atoms with E-state index >= 15 is 0 Å². The number of carbonyl (C=O) groups excluding carboxylic acids is 2. The van der Waals surface area contributed by atoms with Gasteiger partial charge in [0.2, 0.25) is 0 Å². The van der Waals surface area contributed by atoms with Crippen LogP contribution in [0.15, 0.2) is 53.7 Å². The summed E-state index contributed by atoms with van der Waals surface area (Å²) in [6, 6.07) is 9.64. The van der Waals surface area contributed by atoms with Crippen molar-refractivity contribution < 1.29 is 9.59 Å². The number of H-pyrrole nitrogens is 1. The molecule has 1 aromatic carbocycles. The van der Waals surface area contributed by atoms with E-state index in [1.54, 1.807) is 40.0 Å². The molecule has 4 rings (SSSR count). The van der Waals surface area contributed by atoms with E-state index in [1.165, 1.54) is 0 Å². The predicted molar refractivity (Wildman–Crippen MR) is 116 cm³/mol. The highest BCUT2D eigenvalue weighted by Gasteiger charge is 2.30. The lowest BCUT2D eigenvalue weighted by atomic mass is 9.95. The van der Waals surface area contributed by atoms with Crippen LogP contribution in [0, 0.1) is 0 Å². The lowest BCUT2D eigenvalue weighted by molar-refractivity contribution is 0.0722. The van der Waals surface area contributed by atoms with Crippen molar-refractivity contribution in [3.8, 4) is 0 Å². The normalized spacial score (nSPS) is 13.0. The number of rotatable bonds is 5. The number of pyridine rings is 1. The van der Waals surface area contributed by atoms with Crippen LogP contribution in [0.1, 0.15) is 44.6 Å². The molecule has 8 nitrogen and oxygen atoms in total. The van der Waals surface area contributed by atoms with Crippen LogP contribution in [0.4, 0.5) is 0 Å². The number of benzene rings is 1. The minimum atomic E-state index is -0.293. The third-order valence-electron chi connectivity index (χ3n) is 5.69. The minimum Gasteiger partial charge on any atom is -0.342 e. The van der Waals surface area contributed by atoms with Crippen LogP contribution < -0.4 is 5.56 Å². The lowest BCUT2D eigenvalue weighted by Gasteiger charge is -2.30. The van der Waals surface area contributed by atoms with Gasteiger partial charge >= 0.3 is 0 Å². The molecule has 0 saturated carbocycles. The zero-order chi connectivity index (χ0) is 22.0. The number of nitrogens with one attached hydrogen (secondary N) is 1. The molecule has 2 aromatic heterocycles. The number of aromatic amines is 1. The molecule has 1 N–H and O–H groups in total. The largest absolute Gasteiger partial charge is 0.342 e. The highest BCUT2D eigenvalue weighted by molar-refractivity contribution is 5.96. The summed E-state index contributed by atoms with van der Waals surface area (Å²) in [6.45, 7) is 3.48. The second kappa shape index (κ2) is 8.59. The molecule has 0 spiro atoms. The smallest absolute Gasteiger partial charge is 0.289 e. The quantitative estimate of drug-likeness (QED) is 0.684. The SMILES string of the molecule is CCN(C)C(=O)c1c2c(cn(Cc3ccccc3)c1=O)CN(C(=O)c1ncc[nH]1)CC2. The van der Waals surface area contributed by atoms with Crippen molar-refractivity contribution in [2.24, 2.45) is 0 Å². The summed E-state index contributed by atoms with van der Waals surface area (Å²) in [5, 5.41) is 0. The van der Waals surface area contributed by atoms with Crippen LogP contribution in [0.2, 0.25) is 0 Å². The van der Waals surface area contributed by atoms with Crippen molar-refractivity contribution in [3.05, 3.63) is 87.4 Å². The van der Waals surface area contributed by atoms with Crippen LogP contribution in [0.25, 0.3) is 0 Å². The third kappa shape index (κ3) is 4.01. The maximum atomic E-state index is 13.3. The van der Waals surface area contributed by atoms with Gasteiger partial charge in [0, 0.05) is 45.3 Å². The van der Waals surface area contributed by atoms with E-state index in [0.29, 0.717) is 32.6 Å². The van der Waals surface area contributed by atoms with Gasteiger partial charge in [-0.25, -0.2) is 4.98 Å². The van der Waals surface area contributed by atoms with Crippen LogP contribution in [0.3, 0.4) is 0 Å². The first-order valence-corrected chi connectivity index (χ1v) is 10.3. The molecule has 2 amide bonds. The minimum absolute atomic E-state index is 0.199. The van der Waals surface area contributed by atoms with E-state index < -0.39 is 0 Å². The van der Waals surface area contributed by atoms with Crippen molar-refractivity contribution >= 4 is 11.8 Å². The molecular weight excluding hydrogens is 394 g/mol. The Kier molecular flexibility index (Phi) is 5.70. The molecule has 1 aliphatic rings. The average molecular weight is 419 g/mol. The molecule has 0 bridgehead atoms. The van der Waals surface area contributed by atoms with Gasteiger partial charge < -0.3 is 19.4 Å². The van der Waals surface area contributed by atoms with Crippen LogP contribution in [0.5, 0.6) is 0 Å². The first-order valence-electron chi connectivity index (χ1n) is 10.3. The topological polar surface area (TPSA) is 91.3 Å². The summed E-state index contributed by atoms with van der Waals surface area (Å²) in [4.78, 5) is 49.3. The molecule has 8 heteroatoms. The van der Waals surface area contributed by atoms with Crippen molar-refractivity contribution in [1.82, 2.24) is 24.3 Å². The number of nitrogens with zero attached hydrogens (tertiary/aromatic N) is 4. The Bertz CT molecular complexity index is 1150. The molecule has 3 heterocycles. The van der Waals surface area contributed by atoms with Gasteiger partial charge in [0.25, 0.3) is 17.4 Å². The monoisotopic (exact) mass is 419 g/mol. The van der Waals surface area contributed by atoms with Crippen molar-refractivity contribution in [3.63, 3.8) is 0 Å². The van der Waals surface area contributed by atoms with E-state index in [2.05, 4.69) is 9.97 Å². The van der Waals surface area contributed by atoms with Crippen molar-refractivity contribution in [2.75, 3.05) is 20.1 Å². The Labute approximate surface area is 180 Å². The molecule has 31 heavy (non-hydrogen) atoms. The number of fused-ring (bicyclic) bond motifs is 1. The maximum Gasteiger partial charge on any atom is 0.289 e. The lowest BCUT2D eigenvalue weighted by Crippen LogP contribution is -2.42. The van der Waals surface area contributed by atoms with Gasteiger partial charge in [-0.1, -0.05) is 30.3 Å². The van der Waals surface area contributed by atoms with E-state index in [9.17, 15) is 14.4 Å². The third-order valence-corrected chi connectivity index (χ3v) is 5.69. The zero-order valence-electron chi connectivity index (χ0n) is 17.7. The zero-order valence-corrected chi connectivity index (χ0v) is 17.7. The Hall–Kier alpha value is -3.68. The molecule has 0 saturated heterocycles. The molecular formula is C23H25N5O3. The maximum absolute atomic E-state index is 13.3. The summed E-state index contributed by atoms with van der Waals surface area (Å²) >= 11 is 0. The van der Waals surface area contributed by atoms with Gasteiger partial charge in [-0.2, -0.15) is 0 Å². The second-order valence-corrected chi connectivity index (χ2v) is 7.66. The first-order chi connectivity index (χ1) is 15.0.